The SMILES string of the molecule is C/C(=C\C1(C)CCNCC1)n1cc(Oc2ncc(Cl)cc2OCC2(F)CC2)ccc1=N.CON. The van der Waals surface area contributed by atoms with E-state index in [1.54, 1.807) is 29.0 Å². The summed E-state index contributed by atoms with van der Waals surface area (Å²) in [7, 11) is 1.40. The van der Waals surface area contributed by atoms with E-state index in [0.29, 0.717) is 34.9 Å². The number of piperidine rings is 1. The molecule has 1 saturated heterocycles. The van der Waals surface area contributed by atoms with Gasteiger partial charge in [0.1, 0.15) is 23.5 Å². The predicted molar refractivity (Wildman–Crippen MR) is 130 cm³/mol. The van der Waals surface area contributed by atoms with Crippen molar-refractivity contribution in [2.75, 3.05) is 26.8 Å². The Morgan fingerprint density at radius 3 is 2.65 bits per heavy atom. The van der Waals surface area contributed by atoms with Crippen molar-refractivity contribution in [1.82, 2.24) is 14.9 Å². The summed E-state index contributed by atoms with van der Waals surface area (Å²) in [6.45, 7) is 6.19. The van der Waals surface area contributed by atoms with Crippen LogP contribution in [-0.4, -0.2) is 42.0 Å². The lowest BCUT2D eigenvalue weighted by atomic mass is 9.80. The minimum atomic E-state index is -1.26. The van der Waals surface area contributed by atoms with E-state index in [-0.39, 0.29) is 17.9 Å². The van der Waals surface area contributed by atoms with E-state index in [2.05, 4.69) is 34.0 Å². The van der Waals surface area contributed by atoms with E-state index in [9.17, 15) is 4.39 Å². The van der Waals surface area contributed by atoms with Crippen LogP contribution in [0.2, 0.25) is 5.02 Å². The van der Waals surface area contributed by atoms with Gasteiger partial charge in [-0.3, -0.25) is 5.41 Å². The Hall–Kier alpha value is -2.46. The van der Waals surface area contributed by atoms with Crippen LogP contribution in [-0.2, 0) is 4.84 Å². The molecule has 186 valence electrons. The van der Waals surface area contributed by atoms with Gasteiger partial charge in [0.15, 0.2) is 5.75 Å². The number of allylic oxidation sites excluding steroid dienone is 2. The van der Waals surface area contributed by atoms with Crippen molar-refractivity contribution < 1.29 is 18.7 Å². The zero-order valence-corrected chi connectivity index (χ0v) is 20.6. The van der Waals surface area contributed by atoms with Crippen LogP contribution in [0.25, 0.3) is 5.70 Å². The van der Waals surface area contributed by atoms with Crippen LogP contribution in [0.1, 0.15) is 39.5 Å². The van der Waals surface area contributed by atoms with Crippen molar-refractivity contribution in [3.8, 4) is 17.4 Å². The zero-order valence-electron chi connectivity index (χ0n) is 19.9. The first-order chi connectivity index (χ1) is 16.2. The number of nitrogens with one attached hydrogen (secondary N) is 2. The molecule has 10 heteroatoms. The average Bonchev–Trinajstić information content (AvgIpc) is 3.53. The Balaban J connectivity index is 0.00000103. The monoisotopic (exact) mass is 493 g/mol. The van der Waals surface area contributed by atoms with Crippen molar-refractivity contribution in [1.29, 1.82) is 5.41 Å². The standard InChI is InChI=1S/C23H28ClFN4O2.CH5NO/c1-16(12-22(2)7-9-27-10-8-22)29-14-18(3-4-20(29)26)31-21-19(11-17(24)13-28-21)30-15-23(25)5-6-23;1-3-2/h3-4,11-14,26-27H,5-10,15H2,1-2H3;2H2,1H3/b16-12+,26-20?;. The highest BCUT2D eigenvalue weighted by Gasteiger charge is 2.44. The summed E-state index contributed by atoms with van der Waals surface area (Å²) in [6.07, 6.45) is 8.57. The van der Waals surface area contributed by atoms with E-state index in [1.165, 1.54) is 13.3 Å². The molecule has 0 atom stereocenters. The number of ether oxygens (including phenoxy) is 2. The third-order valence-corrected chi connectivity index (χ3v) is 6.09. The molecule has 0 unspecified atom stereocenters. The molecular formula is C24H33ClFN5O3. The van der Waals surface area contributed by atoms with E-state index in [1.807, 2.05) is 6.92 Å². The van der Waals surface area contributed by atoms with Crippen molar-refractivity contribution in [3.05, 3.63) is 47.2 Å². The van der Waals surface area contributed by atoms with Crippen LogP contribution in [0.3, 0.4) is 0 Å². The molecule has 1 aliphatic carbocycles. The number of aromatic nitrogens is 2. The number of halogens is 2. The van der Waals surface area contributed by atoms with Gasteiger partial charge >= 0.3 is 0 Å². The van der Waals surface area contributed by atoms with Crippen LogP contribution < -0.4 is 26.2 Å². The number of hydrogen-bond acceptors (Lipinski definition) is 7. The summed E-state index contributed by atoms with van der Waals surface area (Å²) in [5, 5.41) is 12.1. The Morgan fingerprint density at radius 1 is 1.32 bits per heavy atom. The second-order valence-corrected chi connectivity index (χ2v) is 9.48. The summed E-state index contributed by atoms with van der Waals surface area (Å²) in [6, 6.07) is 4.95. The Bertz CT molecular complexity index is 1060. The fourth-order valence-corrected chi connectivity index (χ4v) is 3.88. The molecule has 1 saturated carbocycles. The first kappa shape index (κ1) is 26.2. The zero-order chi connectivity index (χ0) is 24.8. The van der Waals surface area contributed by atoms with E-state index in [0.717, 1.165) is 31.6 Å². The maximum Gasteiger partial charge on any atom is 0.262 e. The molecular weight excluding hydrogens is 461 g/mol. The van der Waals surface area contributed by atoms with Crippen molar-refractivity contribution >= 4 is 17.3 Å². The summed E-state index contributed by atoms with van der Waals surface area (Å²) in [5.41, 5.74) is 0.151. The van der Waals surface area contributed by atoms with Gasteiger partial charge in [-0.1, -0.05) is 24.6 Å². The largest absolute Gasteiger partial charge is 0.485 e. The molecule has 3 heterocycles. The number of pyridine rings is 2. The van der Waals surface area contributed by atoms with Crippen molar-refractivity contribution in [2.24, 2.45) is 11.3 Å². The van der Waals surface area contributed by atoms with Gasteiger partial charge < -0.3 is 24.2 Å². The molecule has 2 aliphatic rings. The number of rotatable bonds is 7. The Morgan fingerprint density at radius 2 is 2.00 bits per heavy atom. The van der Waals surface area contributed by atoms with Crippen LogP contribution >= 0.6 is 11.6 Å². The summed E-state index contributed by atoms with van der Waals surface area (Å²) in [4.78, 5) is 7.97. The van der Waals surface area contributed by atoms with E-state index >= 15 is 0 Å². The molecule has 1 aliphatic heterocycles. The topological polar surface area (TPSA) is 107 Å². The number of hydrogen-bond donors (Lipinski definition) is 3. The third-order valence-electron chi connectivity index (χ3n) is 5.88. The summed E-state index contributed by atoms with van der Waals surface area (Å²) < 4.78 is 27.4. The van der Waals surface area contributed by atoms with Gasteiger partial charge in [-0.2, -0.15) is 0 Å². The van der Waals surface area contributed by atoms with Gasteiger partial charge in [0.05, 0.1) is 18.3 Å². The van der Waals surface area contributed by atoms with Gasteiger partial charge in [0, 0.05) is 18.0 Å². The average molecular weight is 494 g/mol. The summed E-state index contributed by atoms with van der Waals surface area (Å²) >= 11 is 6.05. The fourth-order valence-electron chi connectivity index (χ4n) is 3.74. The molecule has 34 heavy (non-hydrogen) atoms. The lowest BCUT2D eigenvalue weighted by Gasteiger charge is -2.32. The maximum atomic E-state index is 14.0. The van der Waals surface area contributed by atoms with Crippen LogP contribution in [0, 0.1) is 10.8 Å². The molecule has 2 fully saturated rings. The maximum absolute atomic E-state index is 14.0. The lowest BCUT2D eigenvalue weighted by Crippen LogP contribution is -2.34. The predicted octanol–water partition coefficient (Wildman–Crippen LogP) is 4.45. The molecule has 0 spiro atoms. The summed E-state index contributed by atoms with van der Waals surface area (Å²) in [5.74, 6) is 5.36. The van der Waals surface area contributed by atoms with Gasteiger partial charge in [-0.25, -0.2) is 15.3 Å². The minimum absolute atomic E-state index is 0.0493. The Kier molecular flexibility index (Phi) is 8.70. The van der Waals surface area contributed by atoms with Crippen LogP contribution in [0.15, 0.2) is 36.7 Å². The second kappa shape index (κ2) is 11.3. The molecule has 4 N–H and O–H groups in total. The molecule has 8 nitrogen and oxygen atoms in total. The molecule has 4 rings (SSSR count). The van der Waals surface area contributed by atoms with Crippen molar-refractivity contribution in [3.63, 3.8) is 0 Å². The van der Waals surface area contributed by atoms with E-state index < -0.39 is 5.67 Å². The molecule has 2 aromatic heterocycles. The Labute approximate surface area is 204 Å². The van der Waals surface area contributed by atoms with Gasteiger partial charge in [-0.15, -0.1) is 0 Å². The highest BCUT2D eigenvalue weighted by Crippen LogP contribution is 2.41. The van der Waals surface area contributed by atoms with Crippen LogP contribution in [0.4, 0.5) is 4.39 Å². The van der Waals surface area contributed by atoms with Gasteiger partial charge in [-0.05, 0) is 63.2 Å². The van der Waals surface area contributed by atoms with Crippen LogP contribution in [0.5, 0.6) is 17.4 Å². The molecule has 0 aromatic carbocycles. The highest BCUT2D eigenvalue weighted by molar-refractivity contribution is 6.30. The minimum Gasteiger partial charge on any atom is -0.485 e. The first-order valence-electron chi connectivity index (χ1n) is 11.2. The molecule has 0 amide bonds. The van der Waals surface area contributed by atoms with E-state index in [4.69, 9.17) is 26.5 Å². The molecule has 2 aromatic rings. The smallest absolute Gasteiger partial charge is 0.262 e. The normalized spacial score (nSPS) is 18.5. The van der Waals surface area contributed by atoms with Gasteiger partial charge in [0.25, 0.3) is 5.88 Å². The first-order valence-corrected chi connectivity index (χ1v) is 11.6. The molecule has 0 bridgehead atoms. The quantitative estimate of drug-likeness (QED) is 0.492. The number of nitrogens with zero attached hydrogens (tertiary/aromatic N) is 2. The van der Waals surface area contributed by atoms with Gasteiger partial charge in [0.2, 0.25) is 0 Å². The third kappa shape index (κ3) is 7.27. The lowest BCUT2D eigenvalue weighted by molar-refractivity contribution is 0.173. The second-order valence-electron chi connectivity index (χ2n) is 9.04. The van der Waals surface area contributed by atoms with Crippen molar-refractivity contribution in [2.45, 2.75) is 45.2 Å². The number of nitrogens with two attached hydrogens (primary N) is 1. The highest BCUT2D eigenvalue weighted by atomic mass is 35.5. The molecule has 0 radical (unpaired) electrons. The number of alkyl halides is 1. The fraction of sp³-hybridized carbons (Fsp3) is 0.500.